The largest absolute Gasteiger partial charge is 0.376 e. The zero-order valence-electron chi connectivity index (χ0n) is 13.2. The molecule has 2 aromatic rings. The van der Waals surface area contributed by atoms with Crippen molar-refractivity contribution in [3.05, 3.63) is 40.8 Å². The van der Waals surface area contributed by atoms with Gasteiger partial charge in [-0.05, 0) is 25.0 Å². The summed E-state index contributed by atoms with van der Waals surface area (Å²) in [6.07, 6.45) is 5.81. The maximum atomic E-state index is 9.49. The zero-order valence-corrected chi connectivity index (χ0v) is 13.2. The molecule has 1 atom stereocenters. The van der Waals surface area contributed by atoms with Crippen LogP contribution in [0.4, 0.5) is 5.82 Å². The predicted octanol–water partition coefficient (Wildman–Crippen LogP) is 1.98. The third-order valence-corrected chi connectivity index (χ3v) is 4.60. The SMILES string of the molecule is Cc1cnn(C2CCN(c3nc4c(cc3C#N)COCC4)C2)c1. The number of pyridine rings is 1. The van der Waals surface area contributed by atoms with Crippen molar-refractivity contribution in [2.45, 2.75) is 32.4 Å². The van der Waals surface area contributed by atoms with E-state index in [0.717, 1.165) is 43.0 Å². The molecule has 2 aliphatic rings. The smallest absolute Gasteiger partial charge is 0.146 e. The fourth-order valence-corrected chi connectivity index (χ4v) is 3.38. The molecule has 6 nitrogen and oxygen atoms in total. The van der Waals surface area contributed by atoms with Crippen LogP contribution in [0.2, 0.25) is 0 Å². The van der Waals surface area contributed by atoms with Gasteiger partial charge in [-0.1, -0.05) is 0 Å². The van der Waals surface area contributed by atoms with Crippen molar-refractivity contribution in [1.82, 2.24) is 14.8 Å². The molecule has 2 aromatic heterocycles. The van der Waals surface area contributed by atoms with Crippen molar-refractivity contribution in [2.24, 2.45) is 0 Å². The summed E-state index contributed by atoms with van der Waals surface area (Å²) in [6.45, 7) is 5.07. The van der Waals surface area contributed by atoms with Crippen molar-refractivity contribution in [3.63, 3.8) is 0 Å². The Morgan fingerprint density at radius 3 is 3.13 bits per heavy atom. The first-order chi connectivity index (χ1) is 11.2. The molecule has 0 aromatic carbocycles. The topological polar surface area (TPSA) is 67.0 Å². The molecule has 0 radical (unpaired) electrons. The van der Waals surface area contributed by atoms with E-state index < -0.39 is 0 Å². The first kappa shape index (κ1) is 14.2. The van der Waals surface area contributed by atoms with Crippen LogP contribution in [-0.4, -0.2) is 34.5 Å². The molecule has 1 saturated heterocycles. The number of hydrogen-bond acceptors (Lipinski definition) is 5. The van der Waals surface area contributed by atoms with Gasteiger partial charge in [-0.3, -0.25) is 4.68 Å². The summed E-state index contributed by atoms with van der Waals surface area (Å²) in [5, 5.41) is 13.9. The molecular formula is C17H19N5O. The third-order valence-electron chi connectivity index (χ3n) is 4.60. The summed E-state index contributed by atoms with van der Waals surface area (Å²) >= 11 is 0. The lowest BCUT2D eigenvalue weighted by Crippen LogP contribution is -2.25. The molecule has 0 saturated carbocycles. The van der Waals surface area contributed by atoms with E-state index in [0.29, 0.717) is 24.8 Å². The summed E-state index contributed by atoms with van der Waals surface area (Å²) in [5.41, 5.74) is 3.94. The molecule has 118 valence electrons. The van der Waals surface area contributed by atoms with Gasteiger partial charge in [0.1, 0.15) is 11.9 Å². The number of rotatable bonds is 2. The molecule has 0 N–H and O–H groups in total. The molecule has 2 aliphatic heterocycles. The lowest BCUT2D eigenvalue weighted by Gasteiger charge is -2.23. The van der Waals surface area contributed by atoms with Gasteiger partial charge in [0.2, 0.25) is 0 Å². The van der Waals surface area contributed by atoms with Gasteiger partial charge >= 0.3 is 0 Å². The molecular weight excluding hydrogens is 290 g/mol. The standard InChI is InChI=1S/C17H19N5O/c1-12-8-19-22(9-12)15-2-4-21(10-15)17-13(7-18)6-14-11-23-5-3-16(14)20-17/h6,8-9,15H,2-5,10-11H2,1H3. The third kappa shape index (κ3) is 2.57. The summed E-state index contributed by atoms with van der Waals surface area (Å²) < 4.78 is 7.50. The number of hydrogen-bond donors (Lipinski definition) is 0. The van der Waals surface area contributed by atoms with E-state index in [-0.39, 0.29) is 0 Å². The number of nitrogens with zero attached hydrogens (tertiary/aromatic N) is 5. The molecule has 1 fully saturated rings. The van der Waals surface area contributed by atoms with Crippen LogP contribution in [0.3, 0.4) is 0 Å². The van der Waals surface area contributed by atoms with Gasteiger partial charge in [-0.25, -0.2) is 4.98 Å². The number of fused-ring (bicyclic) bond motifs is 1. The predicted molar refractivity (Wildman–Crippen MR) is 85.1 cm³/mol. The van der Waals surface area contributed by atoms with Gasteiger partial charge in [0, 0.05) is 31.3 Å². The van der Waals surface area contributed by atoms with E-state index >= 15 is 0 Å². The molecule has 0 spiro atoms. The van der Waals surface area contributed by atoms with E-state index in [1.807, 2.05) is 16.9 Å². The number of aryl methyl sites for hydroxylation is 1. The van der Waals surface area contributed by atoms with Gasteiger partial charge in [-0.15, -0.1) is 0 Å². The Kier molecular flexibility index (Phi) is 3.50. The summed E-state index contributed by atoms with van der Waals surface area (Å²) in [5.74, 6) is 0.819. The fraction of sp³-hybridized carbons (Fsp3) is 0.471. The Morgan fingerprint density at radius 2 is 2.35 bits per heavy atom. The average molecular weight is 309 g/mol. The van der Waals surface area contributed by atoms with Crippen LogP contribution >= 0.6 is 0 Å². The van der Waals surface area contributed by atoms with Crippen LogP contribution in [-0.2, 0) is 17.8 Å². The van der Waals surface area contributed by atoms with E-state index in [2.05, 4.69) is 29.2 Å². The van der Waals surface area contributed by atoms with Crippen molar-refractivity contribution in [3.8, 4) is 6.07 Å². The van der Waals surface area contributed by atoms with Crippen molar-refractivity contribution >= 4 is 5.82 Å². The normalized spacial score (nSPS) is 20.3. The van der Waals surface area contributed by atoms with Crippen molar-refractivity contribution in [1.29, 1.82) is 5.26 Å². The first-order valence-corrected chi connectivity index (χ1v) is 8.01. The highest BCUT2D eigenvalue weighted by Crippen LogP contribution is 2.30. The van der Waals surface area contributed by atoms with E-state index in [1.165, 1.54) is 5.56 Å². The quantitative estimate of drug-likeness (QED) is 0.848. The molecule has 4 heterocycles. The van der Waals surface area contributed by atoms with Crippen LogP contribution in [0.25, 0.3) is 0 Å². The van der Waals surface area contributed by atoms with E-state index in [1.54, 1.807) is 0 Å². The van der Waals surface area contributed by atoms with E-state index in [4.69, 9.17) is 9.72 Å². The molecule has 23 heavy (non-hydrogen) atoms. The molecule has 0 bridgehead atoms. The Morgan fingerprint density at radius 1 is 1.43 bits per heavy atom. The minimum Gasteiger partial charge on any atom is -0.376 e. The van der Waals surface area contributed by atoms with Crippen LogP contribution in [0.5, 0.6) is 0 Å². The first-order valence-electron chi connectivity index (χ1n) is 8.01. The summed E-state index contributed by atoms with van der Waals surface area (Å²) in [4.78, 5) is 7.01. The lowest BCUT2D eigenvalue weighted by atomic mass is 10.1. The summed E-state index contributed by atoms with van der Waals surface area (Å²) in [7, 11) is 0. The Balaban J connectivity index is 1.62. The van der Waals surface area contributed by atoms with Crippen LogP contribution < -0.4 is 4.90 Å². The van der Waals surface area contributed by atoms with Gasteiger partial charge < -0.3 is 9.64 Å². The number of anilines is 1. The van der Waals surface area contributed by atoms with Gasteiger partial charge in [-0.2, -0.15) is 10.4 Å². The van der Waals surface area contributed by atoms with E-state index in [9.17, 15) is 5.26 Å². The molecule has 1 unspecified atom stereocenters. The van der Waals surface area contributed by atoms with Crippen molar-refractivity contribution < 1.29 is 4.74 Å². The fourth-order valence-electron chi connectivity index (χ4n) is 3.38. The Hall–Kier alpha value is -2.39. The highest BCUT2D eigenvalue weighted by molar-refractivity contribution is 5.57. The second-order valence-electron chi connectivity index (χ2n) is 6.27. The minimum absolute atomic E-state index is 0.344. The number of ether oxygens (including phenoxy) is 1. The second-order valence-corrected chi connectivity index (χ2v) is 6.27. The van der Waals surface area contributed by atoms with Gasteiger partial charge in [0.25, 0.3) is 0 Å². The molecule has 4 rings (SSSR count). The van der Waals surface area contributed by atoms with Crippen LogP contribution in [0.1, 0.15) is 34.8 Å². The van der Waals surface area contributed by atoms with Crippen LogP contribution in [0.15, 0.2) is 18.5 Å². The second kappa shape index (κ2) is 5.67. The monoisotopic (exact) mass is 309 g/mol. The molecule has 0 amide bonds. The van der Waals surface area contributed by atoms with Gasteiger partial charge in [0.05, 0.1) is 36.7 Å². The number of aromatic nitrogens is 3. The maximum absolute atomic E-state index is 9.49. The minimum atomic E-state index is 0.344. The van der Waals surface area contributed by atoms with Crippen LogP contribution in [0, 0.1) is 18.3 Å². The maximum Gasteiger partial charge on any atom is 0.146 e. The Bertz CT molecular complexity index is 776. The highest BCUT2D eigenvalue weighted by atomic mass is 16.5. The average Bonchev–Trinajstić information content (AvgIpc) is 3.22. The molecule has 0 aliphatic carbocycles. The number of nitriles is 1. The van der Waals surface area contributed by atoms with Gasteiger partial charge in [0.15, 0.2) is 0 Å². The van der Waals surface area contributed by atoms with Crippen molar-refractivity contribution in [2.75, 3.05) is 24.6 Å². The zero-order chi connectivity index (χ0) is 15.8. The lowest BCUT2D eigenvalue weighted by molar-refractivity contribution is 0.109. The Labute approximate surface area is 135 Å². The molecule has 6 heteroatoms. The highest BCUT2D eigenvalue weighted by Gasteiger charge is 2.28. The summed E-state index contributed by atoms with van der Waals surface area (Å²) in [6, 6.07) is 4.59.